The van der Waals surface area contributed by atoms with Crippen LogP contribution >= 0.6 is 7.26 Å². The Labute approximate surface area is 176 Å². The second-order valence-corrected chi connectivity index (χ2v) is 10.5. The lowest BCUT2D eigenvalue weighted by molar-refractivity contribution is -0.0498. The lowest BCUT2D eigenvalue weighted by Gasteiger charge is -2.28. The van der Waals surface area contributed by atoms with Crippen LogP contribution in [0.25, 0.3) is 0 Å². The van der Waals surface area contributed by atoms with Gasteiger partial charge in [-0.1, -0.05) is 66.7 Å². The number of rotatable bonds is 7. The van der Waals surface area contributed by atoms with Crippen LogP contribution in [0, 0.1) is 0 Å². The van der Waals surface area contributed by atoms with Gasteiger partial charge >= 0.3 is 6.61 Å². The molecule has 1 nitrogen and oxygen atoms in total. The van der Waals surface area contributed by atoms with Gasteiger partial charge in [-0.2, -0.15) is 8.78 Å². The Morgan fingerprint density at radius 3 is 1.50 bits per heavy atom. The molecule has 0 heterocycles. The zero-order chi connectivity index (χ0) is 20.8. The lowest BCUT2D eigenvalue weighted by atomic mass is 10.2. The first-order chi connectivity index (χ1) is 14.7. The predicted octanol–water partition coefficient (Wildman–Crippen LogP) is 5.78. The van der Waals surface area contributed by atoms with Crippen LogP contribution in [0.3, 0.4) is 0 Å². The number of ether oxygens (including phenoxy) is 1. The predicted molar refractivity (Wildman–Crippen MR) is 122 cm³/mol. The second-order valence-electron chi connectivity index (χ2n) is 7.00. The molecule has 0 fully saturated rings. The molecule has 4 aromatic rings. The first-order valence-electron chi connectivity index (χ1n) is 9.77. The third-order valence-electron chi connectivity index (χ3n) is 5.13. The van der Waals surface area contributed by atoms with Crippen molar-refractivity contribution in [1.29, 1.82) is 0 Å². The zero-order valence-electron chi connectivity index (χ0n) is 16.4. The molecule has 0 N–H and O–H groups in total. The quantitative estimate of drug-likeness (QED) is 0.345. The van der Waals surface area contributed by atoms with Crippen LogP contribution in [0.1, 0.15) is 5.56 Å². The Morgan fingerprint density at radius 1 is 0.600 bits per heavy atom. The summed E-state index contributed by atoms with van der Waals surface area (Å²) in [7, 11) is -2.07. The standard InChI is InChI=1S/C26H22F2OP/c27-26(28)29-22-12-10-11-21(19-22)20-30(23-13-4-1-5-14-23,24-15-6-2-7-16-24)25-17-8-3-9-18-25/h1-19,26H,20H2/q+1. The van der Waals surface area contributed by atoms with Crippen molar-refractivity contribution in [3.8, 4) is 5.75 Å². The van der Waals surface area contributed by atoms with E-state index in [0.29, 0.717) is 6.16 Å². The maximum atomic E-state index is 12.8. The van der Waals surface area contributed by atoms with Crippen LogP contribution in [-0.4, -0.2) is 6.61 Å². The van der Waals surface area contributed by atoms with E-state index in [1.54, 1.807) is 18.2 Å². The Balaban J connectivity index is 1.92. The molecule has 0 saturated heterocycles. The lowest BCUT2D eigenvalue weighted by Crippen LogP contribution is -2.32. The maximum Gasteiger partial charge on any atom is 0.387 e. The highest BCUT2D eigenvalue weighted by Gasteiger charge is 2.45. The fourth-order valence-electron chi connectivity index (χ4n) is 3.86. The highest BCUT2D eigenvalue weighted by atomic mass is 31.2. The van der Waals surface area contributed by atoms with Crippen molar-refractivity contribution in [2.24, 2.45) is 0 Å². The van der Waals surface area contributed by atoms with Gasteiger partial charge in [-0.05, 0) is 54.1 Å². The molecule has 0 atom stereocenters. The van der Waals surface area contributed by atoms with Crippen LogP contribution < -0.4 is 20.7 Å². The van der Waals surface area contributed by atoms with Crippen LogP contribution in [0.5, 0.6) is 5.75 Å². The monoisotopic (exact) mass is 419 g/mol. The van der Waals surface area contributed by atoms with Crippen molar-refractivity contribution < 1.29 is 13.5 Å². The topological polar surface area (TPSA) is 9.23 Å². The van der Waals surface area contributed by atoms with E-state index in [2.05, 4.69) is 77.5 Å². The Hall–Kier alpha value is -3.03. The Bertz CT molecular complexity index is 973. The van der Waals surface area contributed by atoms with E-state index < -0.39 is 13.9 Å². The van der Waals surface area contributed by atoms with Gasteiger partial charge in [0.2, 0.25) is 0 Å². The van der Waals surface area contributed by atoms with Gasteiger partial charge in [0.05, 0.1) is 6.16 Å². The summed E-state index contributed by atoms with van der Waals surface area (Å²) in [4.78, 5) is 0. The largest absolute Gasteiger partial charge is 0.435 e. The number of hydrogen-bond acceptors (Lipinski definition) is 1. The smallest absolute Gasteiger partial charge is 0.387 e. The first kappa shape index (κ1) is 20.3. The van der Waals surface area contributed by atoms with Crippen molar-refractivity contribution in [1.82, 2.24) is 0 Å². The van der Waals surface area contributed by atoms with E-state index in [4.69, 9.17) is 0 Å². The fraction of sp³-hybridized carbons (Fsp3) is 0.0769. The molecule has 0 bridgehead atoms. The SMILES string of the molecule is FC(F)Oc1cccc(C[P+](c2ccccc2)(c2ccccc2)c2ccccc2)c1. The molecule has 0 radical (unpaired) electrons. The molecule has 0 spiro atoms. The van der Waals surface area contributed by atoms with Crippen molar-refractivity contribution in [3.05, 3.63) is 121 Å². The van der Waals surface area contributed by atoms with Gasteiger partial charge in [-0.3, -0.25) is 0 Å². The van der Waals surface area contributed by atoms with E-state index in [9.17, 15) is 8.78 Å². The molecule has 4 heteroatoms. The molecule has 0 unspecified atom stereocenters. The summed E-state index contributed by atoms with van der Waals surface area (Å²) in [6.45, 7) is -2.84. The average molecular weight is 419 g/mol. The van der Waals surface area contributed by atoms with Gasteiger partial charge in [-0.15, -0.1) is 0 Å². The maximum absolute atomic E-state index is 12.8. The number of halogens is 2. The molecule has 0 aliphatic carbocycles. The van der Waals surface area contributed by atoms with Gasteiger partial charge < -0.3 is 4.74 Å². The van der Waals surface area contributed by atoms with E-state index in [-0.39, 0.29) is 5.75 Å². The molecule has 0 aliphatic heterocycles. The summed E-state index contributed by atoms with van der Waals surface area (Å²) in [6.07, 6.45) is 0.714. The van der Waals surface area contributed by atoms with Crippen LogP contribution in [0.4, 0.5) is 8.78 Å². The molecule has 30 heavy (non-hydrogen) atoms. The number of alkyl halides is 2. The first-order valence-corrected chi connectivity index (χ1v) is 11.7. The minimum Gasteiger partial charge on any atom is -0.435 e. The van der Waals surface area contributed by atoms with E-state index in [0.717, 1.165) is 5.56 Å². The fourth-order valence-corrected chi connectivity index (χ4v) is 8.09. The van der Waals surface area contributed by atoms with Crippen molar-refractivity contribution >= 4 is 23.2 Å². The van der Waals surface area contributed by atoms with Crippen molar-refractivity contribution in [2.45, 2.75) is 12.8 Å². The van der Waals surface area contributed by atoms with Gasteiger partial charge in [0, 0.05) is 0 Å². The minimum atomic E-state index is -2.84. The van der Waals surface area contributed by atoms with Gasteiger partial charge in [0.15, 0.2) is 0 Å². The van der Waals surface area contributed by atoms with Crippen molar-refractivity contribution in [2.75, 3.05) is 0 Å². The number of benzene rings is 4. The van der Waals surface area contributed by atoms with Crippen LogP contribution in [0.15, 0.2) is 115 Å². The summed E-state index contributed by atoms with van der Waals surface area (Å²) in [5.74, 6) is 0.190. The third kappa shape index (κ3) is 4.27. The zero-order valence-corrected chi connectivity index (χ0v) is 17.3. The summed E-state index contributed by atoms with van der Waals surface area (Å²) in [5, 5.41) is 3.76. The van der Waals surface area contributed by atoms with Crippen LogP contribution in [-0.2, 0) is 6.16 Å². The molecule has 4 rings (SSSR count). The highest BCUT2D eigenvalue weighted by molar-refractivity contribution is 7.95. The van der Waals surface area contributed by atoms with E-state index >= 15 is 0 Å². The molecule has 4 aromatic carbocycles. The number of hydrogen-bond donors (Lipinski definition) is 0. The Kier molecular flexibility index (Phi) is 6.21. The van der Waals surface area contributed by atoms with Gasteiger partial charge in [-0.25, -0.2) is 0 Å². The Morgan fingerprint density at radius 2 is 1.07 bits per heavy atom. The third-order valence-corrected chi connectivity index (χ3v) is 9.51. The summed E-state index contributed by atoms with van der Waals surface area (Å²) in [6, 6.07) is 38.5. The highest BCUT2D eigenvalue weighted by Crippen LogP contribution is 2.58. The summed E-state index contributed by atoms with van der Waals surface area (Å²) < 4.78 is 30.2. The minimum absolute atomic E-state index is 0.190. The molecule has 0 saturated carbocycles. The molecule has 0 aromatic heterocycles. The van der Waals surface area contributed by atoms with Gasteiger partial charge in [0.25, 0.3) is 0 Å². The van der Waals surface area contributed by atoms with Gasteiger partial charge in [0.1, 0.15) is 28.9 Å². The van der Waals surface area contributed by atoms with Crippen molar-refractivity contribution in [3.63, 3.8) is 0 Å². The molecule has 0 aliphatic rings. The average Bonchev–Trinajstić information content (AvgIpc) is 2.79. The summed E-state index contributed by atoms with van der Waals surface area (Å²) >= 11 is 0. The van der Waals surface area contributed by atoms with E-state index in [1.807, 2.05) is 24.3 Å². The molecular formula is C26H22F2OP+. The summed E-state index contributed by atoms with van der Waals surface area (Å²) in [5.41, 5.74) is 0.970. The second kappa shape index (κ2) is 9.19. The molecule has 0 amide bonds. The normalized spacial score (nSPS) is 11.4. The van der Waals surface area contributed by atoms with Crippen LogP contribution in [0.2, 0.25) is 0 Å². The van der Waals surface area contributed by atoms with E-state index in [1.165, 1.54) is 15.9 Å². The molecule has 150 valence electrons. The molecular weight excluding hydrogens is 397 g/mol.